The van der Waals surface area contributed by atoms with Crippen LogP contribution in [0.4, 0.5) is 0 Å². The van der Waals surface area contributed by atoms with Crippen LogP contribution < -0.4 is 14.9 Å². The summed E-state index contributed by atoms with van der Waals surface area (Å²) in [6, 6.07) is 4.83. The van der Waals surface area contributed by atoms with Crippen LogP contribution >= 0.6 is 0 Å². The molecule has 2 aromatic rings. The molecule has 0 spiro atoms. The van der Waals surface area contributed by atoms with Crippen molar-refractivity contribution in [1.29, 1.82) is 0 Å². The maximum absolute atomic E-state index is 12.3. The topological polar surface area (TPSA) is 48.7 Å². The molecule has 132 valence electrons. The molecule has 0 amide bonds. The Morgan fingerprint density at radius 3 is 1.96 bits per heavy atom. The van der Waals surface area contributed by atoms with Crippen molar-refractivity contribution in [1.82, 2.24) is 0 Å². The SMILES string of the molecule is COc1cc(OC)c2c(=O)cc([C]3[CH][CH][CH][CH]3)oc2c1.[CH]1[CH][CH][CH][CH]1.[Fe+2]. The molecule has 0 bridgehead atoms. The molecule has 0 unspecified atom stereocenters. The monoisotopic (exact) mass is 390 g/mol. The van der Waals surface area contributed by atoms with Crippen molar-refractivity contribution in [2.45, 2.75) is 0 Å². The fraction of sp³-hybridized carbons (Fsp3) is 0.0952. The van der Waals surface area contributed by atoms with Gasteiger partial charge in [0.1, 0.15) is 28.2 Å². The number of rotatable bonds is 3. The van der Waals surface area contributed by atoms with Crippen LogP contribution in [0, 0.1) is 63.7 Å². The first-order valence-corrected chi connectivity index (χ1v) is 7.81. The van der Waals surface area contributed by atoms with E-state index in [1.807, 2.05) is 57.8 Å². The molecular weight excluding hydrogens is 372 g/mol. The Morgan fingerprint density at radius 2 is 1.42 bits per heavy atom. The molecule has 2 aliphatic rings. The molecule has 2 fully saturated rings. The summed E-state index contributed by atoms with van der Waals surface area (Å²) in [5.41, 5.74) is 0.312. The number of hydrogen-bond acceptors (Lipinski definition) is 4. The van der Waals surface area contributed by atoms with Crippen LogP contribution in [0.5, 0.6) is 11.5 Å². The van der Waals surface area contributed by atoms with Crippen molar-refractivity contribution < 1.29 is 31.0 Å². The van der Waals surface area contributed by atoms with E-state index < -0.39 is 0 Å². The summed E-state index contributed by atoms with van der Waals surface area (Å²) in [6.45, 7) is 0. The van der Waals surface area contributed by atoms with E-state index in [-0.39, 0.29) is 22.5 Å². The van der Waals surface area contributed by atoms with E-state index in [0.29, 0.717) is 28.2 Å². The van der Waals surface area contributed by atoms with Crippen molar-refractivity contribution in [3.8, 4) is 11.5 Å². The maximum Gasteiger partial charge on any atom is 2.00 e. The first-order chi connectivity index (χ1) is 12.2. The minimum absolute atomic E-state index is 0. The minimum atomic E-state index is -0.137. The van der Waals surface area contributed by atoms with E-state index in [0.717, 1.165) is 5.92 Å². The van der Waals surface area contributed by atoms with E-state index in [9.17, 15) is 4.79 Å². The van der Waals surface area contributed by atoms with E-state index >= 15 is 0 Å². The van der Waals surface area contributed by atoms with Gasteiger partial charge in [-0.05, 0) is 57.8 Å². The second-order valence-electron chi connectivity index (χ2n) is 5.31. The van der Waals surface area contributed by atoms with Gasteiger partial charge in [-0.3, -0.25) is 4.79 Å². The Morgan fingerprint density at radius 1 is 0.808 bits per heavy atom. The number of methoxy groups -OCH3 is 2. The predicted molar refractivity (Wildman–Crippen MR) is 96.6 cm³/mol. The van der Waals surface area contributed by atoms with Crippen LogP contribution in [0.1, 0.15) is 5.76 Å². The number of fused-ring (bicyclic) bond motifs is 1. The molecule has 0 N–H and O–H groups in total. The Balaban J connectivity index is 0.000000351. The van der Waals surface area contributed by atoms with Gasteiger partial charge >= 0.3 is 17.1 Å². The van der Waals surface area contributed by atoms with E-state index in [1.165, 1.54) is 13.2 Å². The van der Waals surface area contributed by atoms with Gasteiger partial charge in [-0.15, -0.1) is 0 Å². The first kappa shape index (κ1) is 20.9. The van der Waals surface area contributed by atoms with Gasteiger partial charge < -0.3 is 13.9 Å². The van der Waals surface area contributed by atoms with Gasteiger partial charge in [0.25, 0.3) is 0 Å². The summed E-state index contributed by atoms with van der Waals surface area (Å²) < 4.78 is 16.2. The molecule has 10 radical (unpaired) electrons. The molecule has 2 aliphatic carbocycles. The van der Waals surface area contributed by atoms with Gasteiger partial charge in [0, 0.05) is 24.1 Å². The van der Waals surface area contributed by atoms with Crippen LogP contribution in [0.15, 0.2) is 27.4 Å². The summed E-state index contributed by atoms with van der Waals surface area (Å²) in [6.07, 6.45) is 17.6. The van der Waals surface area contributed by atoms with Crippen LogP contribution in [0.25, 0.3) is 11.0 Å². The third-order valence-corrected chi connectivity index (χ3v) is 3.73. The third-order valence-electron chi connectivity index (χ3n) is 3.73. The van der Waals surface area contributed by atoms with E-state index in [1.54, 1.807) is 19.2 Å². The molecule has 0 aliphatic heterocycles. The number of hydrogen-bond donors (Lipinski definition) is 0. The zero-order chi connectivity index (χ0) is 17.6. The summed E-state index contributed by atoms with van der Waals surface area (Å²) in [7, 11) is 3.07. The molecule has 1 aromatic heterocycles. The second kappa shape index (κ2) is 10.0. The van der Waals surface area contributed by atoms with Crippen LogP contribution in [0.3, 0.4) is 0 Å². The van der Waals surface area contributed by atoms with Gasteiger partial charge in [-0.25, -0.2) is 0 Å². The summed E-state index contributed by atoms with van der Waals surface area (Å²) in [4.78, 5) is 12.3. The Bertz CT molecular complexity index is 751. The number of benzene rings is 1. The van der Waals surface area contributed by atoms with E-state index in [4.69, 9.17) is 13.9 Å². The molecular formula is C21H18FeO4+2. The molecule has 4 rings (SSSR count). The average Bonchev–Trinajstić information content (AvgIpc) is 3.36. The largest absolute Gasteiger partial charge is 2.00 e. The molecule has 26 heavy (non-hydrogen) atoms. The smallest absolute Gasteiger partial charge is 0.496 e. The quantitative estimate of drug-likeness (QED) is 0.752. The van der Waals surface area contributed by atoms with E-state index in [2.05, 4.69) is 0 Å². The Kier molecular flexibility index (Phi) is 8.05. The first-order valence-electron chi connectivity index (χ1n) is 7.81. The van der Waals surface area contributed by atoms with Crippen LogP contribution in [0.2, 0.25) is 0 Å². The van der Waals surface area contributed by atoms with Gasteiger partial charge in [0.05, 0.1) is 14.2 Å². The molecule has 5 heteroatoms. The van der Waals surface area contributed by atoms with Gasteiger partial charge in [-0.2, -0.15) is 0 Å². The van der Waals surface area contributed by atoms with Crippen LogP contribution in [-0.2, 0) is 17.1 Å². The maximum atomic E-state index is 12.3. The Labute approximate surface area is 165 Å². The molecule has 1 heterocycles. The van der Waals surface area contributed by atoms with Crippen molar-refractivity contribution in [2.24, 2.45) is 0 Å². The minimum Gasteiger partial charge on any atom is -0.496 e. The van der Waals surface area contributed by atoms with Gasteiger partial charge in [-0.1, -0.05) is 0 Å². The van der Waals surface area contributed by atoms with Crippen molar-refractivity contribution in [3.05, 3.63) is 97.9 Å². The zero-order valence-electron chi connectivity index (χ0n) is 14.4. The fourth-order valence-electron chi connectivity index (χ4n) is 2.51. The molecule has 0 atom stereocenters. The molecule has 4 nitrogen and oxygen atoms in total. The molecule has 1 aromatic carbocycles. The third kappa shape index (κ3) is 4.83. The van der Waals surface area contributed by atoms with Gasteiger partial charge in [0.15, 0.2) is 5.43 Å². The second-order valence-corrected chi connectivity index (χ2v) is 5.31. The average molecular weight is 390 g/mol. The molecule has 2 saturated carbocycles. The van der Waals surface area contributed by atoms with Crippen molar-refractivity contribution >= 4 is 11.0 Å². The fourth-order valence-corrected chi connectivity index (χ4v) is 2.51. The van der Waals surface area contributed by atoms with Gasteiger partial charge in [0.2, 0.25) is 0 Å². The zero-order valence-corrected chi connectivity index (χ0v) is 15.5. The van der Waals surface area contributed by atoms with Crippen molar-refractivity contribution in [2.75, 3.05) is 14.2 Å². The summed E-state index contributed by atoms with van der Waals surface area (Å²) >= 11 is 0. The normalized spacial score (nSPS) is 16.7. The Hall–Kier alpha value is -1.45. The number of ether oxygens (including phenoxy) is 2. The molecule has 0 saturated heterocycles. The van der Waals surface area contributed by atoms with Crippen LogP contribution in [-0.4, -0.2) is 14.2 Å². The predicted octanol–water partition coefficient (Wildman–Crippen LogP) is 3.58. The standard InChI is InChI=1S/C16H13O4.C5H5.Fe/c1-18-11-7-14(19-2)16-12(17)9-13(20-15(16)8-11)10-5-3-4-6-10;1-2-4-5-3-1;/h3-9H,1-2H3;1-5H;/q;;+2. The summed E-state index contributed by atoms with van der Waals surface area (Å²) in [5.74, 6) is 2.42. The van der Waals surface area contributed by atoms with Crippen molar-refractivity contribution in [3.63, 3.8) is 0 Å². The summed E-state index contributed by atoms with van der Waals surface area (Å²) in [5, 5.41) is 0.420.